The summed E-state index contributed by atoms with van der Waals surface area (Å²) in [5.41, 5.74) is 0.506. The van der Waals surface area contributed by atoms with Crippen molar-refractivity contribution in [2.24, 2.45) is 5.41 Å². The van der Waals surface area contributed by atoms with Crippen LogP contribution < -0.4 is 4.74 Å². The molecule has 0 heterocycles. The third-order valence-corrected chi connectivity index (χ3v) is 3.50. The molecule has 0 spiro atoms. The summed E-state index contributed by atoms with van der Waals surface area (Å²) in [4.78, 5) is 24.1. The summed E-state index contributed by atoms with van der Waals surface area (Å²) < 4.78 is 10.2. The average molecular weight is 262 g/mol. The third kappa shape index (κ3) is 2.35. The van der Waals surface area contributed by atoms with E-state index in [9.17, 15) is 9.59 Å². The Morgan fingerprint density at radius 3 is 2.47 bits per heavy atom. The van der Waals surface area contributed by atoms with Crippen LogP contribution >= 0.6 is 0 Å². The van der Waals surface area contributed by atoms with Crippen LogP contribution in [0.4, 0.5) is 0 Å². The van der Waals surface area contributed by atoms with E-state index in [4.69, 9.17) is 9.47 Å². The quantitative estimate of drug-likeness (QED) is 0.465. The standard InChI is InChI=1S/C15H18O4/c1-4-19-12-6-5-11(9-10(12)2)13(16)15(7-8-15)14(17)18-3/h5-6,9H,4,7-8H2,1-3H3. The van der Waals surface area contributed by atoms with Crippen LogP contribution in [0.25, 0.3) is 0 Å². The normalized spacial score (nSPS) is 15.7. The molecule has 0 radical (unpaired) electrons. The molecule has 1 aliphatic carbocycles. The molecule has 1 aromatic rings. The van der Waals surface area contributed by atoms with Crippen molar-refractivity contribution in [2.75, 3.05) is 13.7 Å². The summed E-state index contributed by atoms with van der Waals surface area (Å²) in [5.74, 6) is 0.191. The lowest BCUT2D eigenvalue weighted by Gasteiger charge is -2.13. The predicted molar refractivity (Wildman–Crippen MR) is 70.4 cm³/mol. The summed E-state index contributed by atoms with van der Waals surface area (Å²) in [7, 11) is 1.32. The maximum atomic E-state index is 12.4. The minimum atomic E-state index is -0.936. The van der Waals surface area contributed by atoms with Crippen LogP contribution in [0.15, 0.2) is 18.2 Å². The SMILES string of the molecule is CCOc1ccc(C(=O)C2(C(=O)OC)CC2)cc1C. The number of ether oxygens (including phenoxy) is 2. The van der Waals surface area contributed by atoms with E-state index in [1.807, 2.05) is 13.8 Å². The first kappa shape index (κ1) is 13.6. The Labute approximate surface area is 112 Å². The van der Waals surface area contributed by atoms with Crippen LogP contribution in [0, 0.1) is 12.3 Å². The maximum absolute atomic E-state index is 12.4. The monoisotopic (exact) mass is 262 g/mol. The van der Waals surface area contributed by atoms with Crippen molar-refractivity contribution in [3.05, 3.63) is 29.3 Å². The maximum Gasteiger partial charge on any atom is 0.319 e. The van der Waals surface area contributed by atoms with Gasteiger partial charge in [0.2, 0.25) is 0 Å². The summed E-state index contributed by atoms with van der Waals surface area (Å²) in [6.45, 7) is 4.38. The summed E-state index contributed by atoms with van der Waals surface area (Å²) in [6, 6.07) is 5.26. The van der Waals surface area contributed by atoms with Crippen LogP contribution in [-0.2, 0) is 9.53 Å². The van der Waals surface area contributed by atoms with Gasteiger partial charge in [0.05, 0.1) is 13.7 Å². The Balaban J connectivity index is 2.26. The fraction of sp³-hybridized carbons (Fsp3) is 0.467. The number of carbonyl (C=O) groups excluding carboxylic acids is 2. The summed E-state index contributed by atoms with van der Waals surface area (Å²) >= 11 is 0. The molecular formula is C15H18O4. The molecule has 1 aromatic carbocycles. The van der Waals surface area contributed by atoms with Gasteiger partial charge in [-0.3, -0.25) is 9.59 Å². The van der Waals surface area contributed by atoms with Gasteiger partial charge in [-0.2, -0.15) is 0 Å². The van der Waals surface area contributed by atoms with Crippen molar-refractivity contribution in [1.82, 2.24) is 0 Å². The molecule has 0 saturated heterocycles. The van der Waals surface area contributed by atoms with Crippen molar-refractivity contribution in [3.8, 4) is 5.75 Å². The number of benzene rings is 1. The van der Waals surface area contributed by atoms with Crippen molar-refractivity contribution >= 4 is 11.8 Å². The average Bonchev–Trinajstić information content (AvgIpc) is 3.21. The summed E-state index contributed by atoms with van der Waals surface area (Å²) in [5, 5.41) is 0. The Morgan fingerprint density at radius 1 is 1.32 bits per heavy atom. The molecule has 1 aliphatic rings. The van der Waals surface area contributed by atoms with E-state index < -0.39 is 11.4 Å². The molecule has 1 fully saturated rings. The van der Waals surface area contributed by atoms with Crippen LogP contribution in [-0.4, -0.2) is 25.5 Å². The van der Waals surface area contributed by atoms with Gasteiger partial charge in [-0.05, 0) is 50.5 Å². The second-order valence-electron chi connectivity index (χ2n) is 4.82. The molecule has 0 unspecified atom stereocenters. The van der Waals surface area contributed by atoms with Crippen LogP contribution in [0.1, 0.15) is 35.7 Å². The number of hydrogen-bond donors (Lipinski definition) is 0. The number of hydrogen-bond acceptors (Lipinski definition) is 4. The van der Waals surface area contributed by atoms with E-state index in [0.717, 1.165) is 11.3 Å². The van der Waals surface area contributed by atoms with Gasteiger partial charge < -0.3 is 9.47 Å². The van der Waals surface area contributed by atoms with Gasteiger partial charge in [0.1, 0.15) is 11.2 Å². The molecule has 0 aromatic heterocycles. The van der Waals surface area contributed by atoms with E-state index in [1.54, 1.807) is 18.2 Å². The molecule has 0 amide bonds. The molecule has 2 rings (SSSR count). The Hall–Kier alpha value is -1.84. The first-order valence-corrected chi connectivity index (χ1v) is 6.42. The van der Waals surface area contributed by atoms with E-state index >= 15 is 0 Å². The highest BCUT2D eigenvalue weighted by Gasteiger charge is 2.57. The van der Waals surface area contributed by atoms with Crippen LogP contribution in [0.2, 0.25) is 0 Å². The molecule has 0 bridgehead atoms. The third-order valence-electron chi connectivity index (χ3n) is 3.50. The molecule has 1 saturated carbocycles. The van der Waals surface area contributed by atoms with E-state index in [-0.39, 0.29) is 5.78 Å². The van der Waals surface area contributed by atoms with Crippen LogP contribution in [0.5, 0.6) is 5.75 Å². The Bertz CT molecular complexity index is 515. The van der Waals surface area contributed by atoms with Crippen molar-refractivity contribution in [2.45, 2.75) is 26.7 Å². The second-order valence-corrected chi connectivity index (χ2v) is 4.82. The minimum Gasteiger partial charge on any atom is -0.494 e. The zero-order valence-electron chi connectivity index (χ0n) is 11.5. The van der Waals surface area contributed by atoms with Crippen molar-refractivity contribution < 1.29 is 19.1 Å². The van der Waals surface area contributed by atoms with Gasteiger partial charge in [0.15, 0.2) is 5.78 Å². The number of esters is 1. The molecule has 0 aliphatic heterocycles. The second kappa shape index (κ2) is 5.03. The van der Waals surface area contributed by atoms with Crippen molar-refractivity contribution in [1.29, 1.82) is 0 Å². The molecular weight excluding hydrogens is 244 g/mol. The molecule has 0 N–H and O–H groups in total. The van der Waals surface area contributed by atoms with E-state index in [0.29, 0.717) is 25.0 Å². The van der Waals surface area contributed by atoms with Crippen LogP contribution in [0.3, 0.4) is 0 Å². The van der Waals surface area contributed by atoms with Crippen molar-refractivity contribution in [3.63, 3.8) is 0 Å². The fourth-order valence-corrected chi connectivity index (χ4v) is 2.23. The smallest absolute Gasteiger partial charge is 0.319 e. The summed E-state index contributed by atoms with van der Waals surface area (Å²) in [6.07, 6.45) is 1.15. The Kier molecular flexibility index (Phi) is 3.60. The number of Topliss-reactive ketones (excluding diaryl/α,β-unsaturated/α-hetero) is 1. The molecule has 4 nitrogen and oxygen atoms in total. The van der Waals surface area contributed by atoms with Gasteiger partial charge in [0.25, 0.3) is 0 Å². The zero-order valence-corrected chi connectivity index (χ0v) is 11.5. The number of aryl methyl sites for hydroxylation is 1. The first-order valence-electron chi connectivity index (χ1n) is 6.42. The number of methoxy groups -OCH3 is 1. The van der Waals surface area contributed by atoms with Gasteiger partial charge in [-0.1, -0.05) is 0 Å². The van der Waals surface area contributed by atoms with E-state index in [1.165, 1.54) is 7.11 Å². The number of rotatable bonds is 5. The zero-order chi connectivity index (χ0) is 14.0. The van der Waals surface area contributed by atoms with Gasteiger partial charge in [-0.15, -0.1) is 0 Å². The lowest BCUT2D eigenvalue weighted by atomic mass is 9.93. The minimum absolute atomic E-state index is 0.148. The number of ketones is 1. The van der Waals surface area contributed by atoms with Gasteiger partial charge >= 0.3 is 5.97 Å². The Morgan fingerprint density at radius 2 is 2.00 bits per heavy atom. The number of carbonyl (C=O) groups is 2. The highest BCUT2D eigenvalue weighted by atomic mass is 16.5. The lowest BCUT2D eigenvalue weighted by molar-refractivity contribution is -0.145. The topological polar surface area (TPSA) is 52.6 Å². The van der Waals surface area contributed by atoms with Gasteiger partial charge in [0, 0.05) is 5.56 Å². The van der Waals surface area contributed by atoms with Gasteiger partial charge in [-0.25, -0.2) is 0 Å². The predicted octanol–water partition coefficient (Wildman–Crippen LogP) is 2.53. The fourth-order valence-electron chi connectivity index (χ4n) is 2.23. The highest BCUT2D eigenvalue weighted by Crippen LogP contribution is 2.49. The molecule has 4 heteroatoms. The first-order chi connectivity index (χ1) is 9.05. The molecule has 102 valence electrons. The molecule has 0 atom stereocenters. The lowest BCUT2D eigenvalue weighted by Crippen LogP contribution is -2.27. The largest absolute Gasteiger partial charge is 0.494 e. The highest BCUT2D eigenvalue weighted by molar-refractivity contribution is 6.14. The molecule has 19 heavy (non-hydrogen) atoms. The van der Waals surface area contributed by atoms with E-state index in [2.05, 4.69) is 0 Å².